The molecule has 0 spiro atoms. The molecule has 2 aromatic heterocycles. The molecule has 0 radical (unpaired) electrons. The fourth-order valence-electron chi connectivity index (χ4n) is 2.35. The first-order valence-corrected chi connectivity index (χ1v) is 7.63. The maximum absolute atomic E-state index is 12.7. The number of nitrogens with one attached hydrogen (secondary N) is 2. The van der Waals surface area contributed by atoms with Crippen LogP contribution < -0.4 is 5.32 Å². The van der Waals surface area contributed by atoms with Crippen LogP contribution >= 0.6 is 0 Å². The van der Waals surface area contributed by atoms with Crippen molar-refractivity contribution in [2.24, 2.45) is 5.92 Å². The average molecular weight is 326 g/mol. The van der Waals surface area contributed by atoms with Gasteiger partial charge in [-0.2, -0.15) is 4.98 Å². The largest absolute Gasteiger partial charge is 0.291 e. The molecule has 3 aromatic rings. The van der Waals surface area contributed by atoms with Gasteiger partial charge >= 0.3 is 0 Å². The van der Waals surface area contributed by atoms with Crippen molar-refractivity contribution in [1.29, 1.82) is 0 Å². The van der Waals surface area contributed by atoms with Gasteiger partial charge < -0.3 is 0 Å². The molecule has 0 fully saturated rings. The fraction of sp³-hybridized carbons (Fsp3) is 0.333. The Bertz CT molecular complexity index is 781. The van der Waals surface area contributed by atoms with Crippen LogP contribution in [0.4, 0.5) is 5.95 Å². The molecule has 0 aliphatic rings. The number of carbonyl (C=O) groups excluding carboxylic acids is 1. The molecular weight excluding hydrogens is 308 g/mol. The Morgan fingerprint density at radius 1 is 1.29 bits per heavy atom. The third kappa shape index (κ3) is 3.62. The minimum absolute atomic E-state index is 0.240. The highest BCUT2D eigenvalue weighted by Gasteiger charge is 2.25. The smallest absolute Gasteiger partial charge is 0.256 e. The van der Waals surface area contributed by atoms with E-state index < -0.39 is 6.04 Å². The van der Waals surface area contributed by atoms with Crippen LogP contribution in [0.5, 0.6) is 0 Å². The summed E-state index contributed by atoms with van der Waals surface area (Å²) in [6.45, 7) is 4.17. The highest BCUT2D eigenvalue weighted by Crippen LogP contribution is 2.18. The minimum Gasteiger partial charge on any atom is -0.291 e. The number of nitrogens with zero attached hydrogens (tertiary/aromatic N) is 6. The predicted molar refractivity (Wildman–Crippen MR) is 86.0 cm³/mol. The molecule has 9 heteroatoms. The second-order valence-corrected chi connectivity index (χ2v) is 5.80. The number of hydrogen-bond acceptors (Lipinski definition) is 6. The second-order valence-electron chi connectivity index (χ2n) is 5.80. The molecular formula is C15H18N8O. The highest BCUT2D eigenvalue weighted by molar-refractivity contribution is 5.94. The zero-order chi connectivity index (χ0) is 16.9. The molecule has 2 N–H and O–H groups in total. The number of H-pyrrole nitrogens is 1. The van der Waals surface area contributed by atoms with Crippen LogP contribution in [0.1, 0.15) is 31.3 Å². The van der Waals surface area contributed by atoms with Crippen LogP contribution in [0.15, 0.2) is 36.7 Å². The van der Waals surface area contributed by atoms with Crippen molar-refractivity contribution in [2.75, 3.05) is 5.32 Å². The Labute approximate surface area is 138 Å². The first kappa shape index (κ1) is 15.8. The molecule has 124 valence electrons. The molecule has 2 heterocycles. The quantitative estimate of drug-likeness (QED) is 0.704. The first-order valence-electron chi connectivity index (χ1n) is 7.63. The van der Waals surface area contributed by atoms with E-state index in [9.17, 15) is 4.79 Å². The van der Waals surface area contributed by atoms with E-state index in [1.807, 2.05) is 30.3 Å². The van der Waals surface area contributed by atoms with Crippen LogP contribution in [0, 0.1) is 5.92 Å². The van der Waals surface area contributed by atoms with Gasteiger partial charge in [0, 0.05) is 6.42 Å². The molecule has 9 nitrogen and oxygen atoms in total. The Morgan fingerprint density at radius 3 is 2.75 bits per heavy atom. The molecule has 1 amide bonds. The summed E-state index contributed by atoms with van der Waals surface area (Å²) in [4.78, 5) is 17.0. The number of tetrazole rings is 1. The van der Waals surface area contributed by atoms with Gasteiger partial charge in [-0.1, -0.05) is 44.2 Å². The van der Waals surface area contributed by atoms with Crippen molar-refractivity contribution >= 4 is 11.9 Å². The van der Waals surface area contributed by atoms with E-state index in [0.717, 1.165) is 17.8 Å². The number of carbonyl (C=O) groups is 1. The summed E-state index contributed by atoms with van der Waals surface area (Å²) in [5.41, 5.74) is 0.764. The lowest BCUT2D eigenvalue weighted by Gasteiger charge is -2.15. The van der Waals surface area contributed by atoms with E-state index in [1.165, 1.54) is 11.0 Å². The Kier molecular flexibility index (Phi) is 4.59. The van der Waals surface area contributed by atoms with Crippen LogP contribution in [0.2, 0.25) is 0 Å². The van der Waals surface area contributed by atoms with Crippen LogP contribution in [-0.2, 0) is 11.2 Å². The summed E-state index contributed by atoms with van der Waals surface area (Å²) in [5.74, 6) is 1.10. The molecule has 1 aromatic carbocycles. The SMILES string of the molecule is CC(C)Cc1nc(NC(=O)C(c2ccccc2)n2cnnn2)n[nH]1. The summed E-state index contributed by atoms with van der Waals surface area (Å²) in [7, 11) is 0. The topological polar surface area (TPSA) is 114 Å². The standard InChI is InChI=1S/C15H18N8O/c1-10(2)8-12-17-15(20-19-12)18-14(24)13(23-9-16-21-22-23)11-6-4-3-5-7-11/h3-7,9-10,13H,8H2,1-2H3,(H2,17,18,19,20,24). The fourth-order valence-corrected chi connectivity index (χ4v) is 2.35. The zero-order valence-electron chi connectivity index (χ0n) is 13.4. The van der Waals surface area contributed by atoms with Crippen molar-refractivity contribution in [3.8, 4) is 0 Å². The van der Waals surface area contributed by atoms with Gasteiger partial charge in [0.2, 0.25) is 5.95 Å². The molecule has 0 saturated heterocycles. The Morgan fingerprint density at radius 2 is 2.08 bits per heavy atom. The summed E-state index contributed by atoms with van der Waals surface area (Å²) in [5, 5.41) is 20.7. The average Bonchev–Trinajstić information content (AvgIpc) is 3.21. The Balaban J connectivity index is 1.81. The number of benzene rings is 1. The third-order valence-corrected chi connectivity index (χ3v) is 3.36. The van der Waals surface area contributed by atoms with E-state index in [2.05, 4.69) is 49.9 Å². The third-order valence-electron chi connectivity index (χ3n) is 3.36. The molecule has 24 heavy (non-hydrogen) atoms. The lowest BCUT2D eigenvalue weighted by Crippen LogP contribution is -2.28. The summed E-state index contributed by atoms with van der Waals surface area (Å²) in [6.07, 6.45) is 2.16. The number of rotatable bonds is 6. The molecule has 1 unspecified atom stereocenters. The summed E-state index contributed by atoms with van der Waals surface area (Å²) >= 11 is 0. The van der Waals surface area contributed by atoms with Gasteiger partial charge in [-0.25, -0.2) is 4.68 Å². The molecule has 1 atom stereocenters. The van der Waals surface area contributed by atoms with Crippen LogP contribution in [-0.4, -0.2) is 41.3 Å². The van der Waals surface area contributed by atoms with E-state index >= 15 is 0 Å². The van der Waals surface area contributed by atoms with E-state index in [0.29, 0.717) is 5.92 Å². The molecule has 0 bridgehead atoms. The van der Waals surface area contributed by atoms with Crippen molar-refractivity contribution in [2.45, 2.75) is 26.3 Å². The van der Waals surface area contributed by atoms with Crippen molar-refractivity contribution in [3.63, 3.8) is 0 Å². The van der Waals surface area contributed by atoms with Crippen molar-refractivity contribution in [1.82, 2.24) is 35.4 Å². The number of hydrogen-bond donors (Lipinski definition) is 2. The summed E-state index contributed by atoms with van der Waals surface area (Å²) < 4.78 is 1.40. The van der Waals surface area contributed by atoms with Gasteiger partial charge in [0.1, 0.15) is 12.2 Å². The van der Waals surface area contributed by atoms with E-state index in [1.54, 1.807) is 0 Å². The van der Waals surface area contributed by atoms with Gasteiger partial charge in [0.05, 0.1) is 0 Å². The van der Waals surface area contributed by atoms with Crippen molar-refractivity contribution in [3.05, 3.63) is 48.0 Å². The molecule has 0 saturated carbocycles. The van der Waals surface area contributed by atoms with Gasteiger partial charge in [0.25, 0.3) is 5.91 Å². The van der Waals surface area contributed by atoms with Gasteiger partial charge in [-0.05, 0) is 21.9 Å². The zero-order valence-corrected chi connectivity index (χ0v) is 13.4. The predicted octanol–water partition coefficient (Wildman–Crippen LogP) is 1.22. The molecule has 3 rings (SSSR count). The van der Waals surface area contributed by atoms with Gasteiger partial charge in [0.15, 0.2) is 6.04 Å². The van der Waals surface area contributed by atoms with E-state index in [4.69, 9.17) is 0 Å². The maximum Gasteiger partial charge on any atom is 0.256 e. The van der Waals surface area contributed by atoms with Crippen molar-refractivity contribution < 1.29 is 4.79 Å². The first-order chi connectivity index (χ1) is 11.6. The second kappa shape index (κ2) is 6.99. The van der Waals surface area contributed by atoms with Gasteiger partial charge in [-0.15, -0.1) is 10.2 Å². The number of amides is 1. The lowest BCUT2D eigenvalue weighted by molar-refractivity contribution is -0.118. The number of aromatic nitrogens is 7. The minimum atomic E-state index is -0.701. The highest BCUT2D eigenvalue weighted by atomic mass is 16.2. The summed E-state index contributed by atoms with van der Waals surface area (Å²) in [6, 6.07) is 8.57. The van der Waals surface area contributed by atoms with E-state index in [-0.39, 0.29) is 11.9 Å². The molecule has 0 aliphatic heterocycles. The van der Waals surface area contributed by atoms with Crippen LogP contribution in [0.25, 0.3) is 0 Å². The van der Waals surface area contributed by atoms with Crippen LogP contribution in [0.3, 0.4) is 0 Å². The molecule has 0 aliphatic carbocycles. The number of aromatic amines is 1. The van der Waals surface area contributed by atoms with Gasteiger partial charge in [-0.3, -0.25) is 15.2 Å². The lowest BCUT2D eigenvalue weighted by atomic mass is 10.1. The maximum atomic E-state index is 12.7. The normalized spacial score (nSPS) is 12.3. The Hall–Kier alpha value is -3.10. The monoisotopic (exact) mass is 326 g/mol. The number of anilines is 1.